The van der Waals surface area contributed by atoms with Crippen LogP contribution in [0.1, 0.15) is 5.56 Å². The second kappa shape index (κ2) is 5.76. The SMILES string of the molecule is N#Cc1c(-c2ccc(F)cc2)cc(-c2cccs2)nc1Br. The van der Waals surface area contributed by atoms with Gasteiger partial charge >= 0.3 is 0 Å². The average Bonchev–Trinajstić information content (AvgIpc) is 3.01. The molecular weight excluding hydrogens is 351 g/mol. The molecule has 2 heterocycles. The van der Waals surface area contributed by atoms with Crippen molar-refractivity contribution >= 4 is 27.3 Å². The van der Waals surface area contributed by atoms with Crippen molar-refractivity contribution in [1.82, 2.24) is 4.98 Å². The van der Waals surface area contributed by atoms with Gasteiger partial charge in [-0.3, -0.25) is 0 Å². The number of hydrogen-bond acceptors (Lipinski definition) is 3. The van der Waals surface area contributed by atoms with Crippen molar-refractivity contribution in [1.29, 1.82) is 5.26 Å². The lowest BCUT2D eigenvalue weighted by Crippen LogP contribution is -1.92. The number of thiophene rings is 1. The first kappa shape index (κ1) is 13.9. The van der Waals surface area contributed by atoms with Crippen LogP contribution in [-0.4, -0.2) is 4.98 Å². The van der Waals surface area contributed by atoms with E-state index in [-0.39, 0.29) is 5.82 Å². The fourth-order valence-electron chi connectivity index (χ4n) is 2.03. The van der Waals surface area contributed by atoms with Crippen molar-refractivity contribution in [2.45, 2.75) is 0 Å². The maximum Gasteiger partial charge on any atom is 0.125 e. The smallest absolute Gasteiger partial charge is 0.125 e. The number of pyridine rings is 1. The van der Waals surface area contributed by atoms with Crippen LogP contribution in [0.3, 0.4) is 0 Å². The topological polar surface area (TPSA) is 36.7 Å². The van der Waals surface area contributed by atoms with Gasteiger partial charge in [0.1, 0.15) is 16.5 Å². The molecule has 0 atom stereocenters. The molecule has 0 fully saturated rings. The molecule has 0 N–H and O–H groups in total. The van der Waals surface area contributed by atoms with E-state index in [0.29, 0.717) is 10.2 Å². The summed E-state index contributed by atoms with van der Waals surface area (Å²) in [6.07, 6.45) is 0. The maximum atomic E-state index is 13.1. The Morgan fingerprint density at radius 3 is 2.57 bits per heavy atom. The molecule has 0 aliphatic rings. The summed E-state index contributed by atoms with van der Waals surface area (Å²) in [5, 5.41) is 11.3. The molecule has 21 heavy (non-hydrogen) atoms. The van der Waals surface area contributed by atoms with E-state index in [1.807, 2.05) is 23.6 Å². The Hall–Kier alpha value is -2.03. The van der Waals surface area contributed by atoms with Crippen LogP contribution in [0, 0.1) is 17.1 Å². The highest BCUT2D eigenvalue weighted by Gasteiger charge is 2.14. The Bertz CT molecular complexity index is 821. The maximum absolute atomic E-state index is 13.1. The van der Waals surface area contributed by atoms with Gasteiger partial charge in [0.25, 0.3) is 0 Å². The van der Waals surface area contributed by atoms with E-state index in [4.69, 9.17) is 0 Å². The van der Waals surface area contributed by atoms with E-state index in [9.17, 15) is 9.65 Å². The van der Waals surface area contributed by atoms with Crippen molar-refractivity contribution in [2.75, 3.05) is 0 Å². The van der Waals surface area contributed by atoms with Crippen LogP contribution in [0.5, 0.6) is 0 Å². The summed E-state index contributed by atoms with van der Waals surface area (Å²) >= 11 is 4.93. The molecule has 0 bridgehead atoms. The number of hydrogen-bond donors (Lipinski definition) is 0. The molecule has 0 amide bonds. The van der Waals surface area contributed by atoms with E-state index in [2.05, 4.69) is 27.0 Å². The van der Waals surface area contributed by atoms with E-state index >= 15 is 0 Å². The monoisotopic (exact) mass is 358 g/mol. The van der Waals surface area contributed by atoms with Crippen LogP contribution < -0.4 is 0 Å². The predicted molar refractivity (Wildman–Crippen MR) is 85.4 cm³/mol. The van der Waals surface area contributed by atoms with Gasteiger partial charge in [0.2, 0.25) is 0 Å². The van der Waals surface area contributed by atoms with E-state index < -0.39 is 0 Å². The van der Waals surface area contributed by atoms with Gasteiger partial charge < -0.3 is 0 Å². The van der Waals surface area contributed by atoms with Crippen molar-refractivity contribution in [3.63, 3.8) is 0 Å². The summed E-state index contributed by atoms with van der Waals surface area (Å²) in [5.74, 6) is -0.302. The van der Waals surface area contributed by atoms with E-state index in [0.717, 1.165) is 21.7 Å². The molecule has 3 rings (SSSR count). The van der Waals surface area contributed by atoms with Gasteiger partial charge in [0.05, 0.1) is 16.1 Å². The van der Waals surface area contributed by atoms with Gasteiger partial charge in [-0.2, -0.15) is 5.26 Å². The van der Waals surface area contributed by atoms with Crippen LogP contribution in [0.4, 0.5) is 4.39 Å². The van der Waals surface area contributed by atoms with Crippen LogP contribution >= 0.6 is 27.3 Å². The molecule has 2 aromatic heterocycles. The van der Waals surface area contributed by atoms with E-state index in [1.54, 1.807) is 23.5 Å². The summed E-state index contributed by atoms with van der Waals surface area (Å²) < 4.78 is 13.6. The molecule has 1 aromatic carbocycles. The molecule has 3 aromatic rings. The van der Waals surface area contributed by atoms with Gasteiger partial charge in [-0.25, -0.2) is 9.37 Å². The fraction of sp³-hybridized carbons (Fsp3) is 0. The zero-order chi connectivity index (χ0) is 14.8. The molecule has 0 aliphatic heterocycles. The van der Waals surface area contributed by atoms with Crippen LogP contribution in [-0.2, 0) is 0 Å². The van der Waals surface area contributed by atoms with Crippen molar-refractivity contribution in [3.8, 4) is 27.8 Å². The number of rotatable bonds is 2. The third-order valence-electron chi connectivity index (χ3n) is 3.02. The fourth-order valence-corrected chi connectivity index (χ4v) is 3.21. The van der Waals surface area contributed by atoms with Crippen LogP contribution in [0.2, 0.25) is 0 Å². The van der Waals surface area contributed by atoms with Gasteiger partial charge in [0, 0.05) is 5.56 Å². The second-order valence-corrected chi connectivity index (χ2v) is 6.02. The number of nitriles is 1. The van der Waals surface area contributed by atoms with Crippen LogP contribution in [0.15, 0.2) is 52.4 Å². The first-order valence-electron chi connectivity index (χ1n) is 6.09. The molecule has 102 valence electrons. The average molecular weight is 359 g/mol. The minimum absolute atomic E-state index is 0.302. The lowest BCUT2D eigenvalue weighted by Gasteiger charge is -2.08. The minimum atomic E-state index is -0.302. The quantitative estimate of drug-likeness (QED) is 0.586. The highest BCUT2D eigenvalue weighted by Crippen LogP contribution is 2.33. The Balaban J connectivity index is 2.22. The zero-order valence-corrected chi connectivity index (χ0v) is 13.1. The standard InChI is InChI=1S/C16H8BrFN2S/c17-16-13(9-19)12(10-3-5-11(18)6-4-10)8-14(20-16)15-2-1-7-21-15/h1-8H. The highest BCUT2D eigenvalue weighted by molar-refractivity contribution is 9.10. The molecule has 2 nitrogen and oxygen atoms in total. The zero-order valence-electron chi connectivity index (χ0n) is 10.7. The minimum Gasteiger partial charge on any atom is -0.239 e. The Labute approximate surface area is 133 Å². The van der Waals surface area contributed by atoms with Gasteiger partial charge in [0.15, 0.2) is 0 Å². The number of halogens is 2. The summed E-state index contributed by atoms with van der Waals surface area (Å²) in [6, 6.07) is 14.0. The van der Waals surface area contributed by atoms with Crippen molar-refractivity contribution in [3.05, 3.63) is 63.8 Å². The molecule has 0 radical (unpaired) electrons. The molecule has 0 aliphatic carbocycles. The molecule has 5 heteroatoms. The normalized spacial score (nSPS) is 10.3. The predicted octanol–water partition coefficient (Wildman–Crippen LogP) is 5.25. The molecule has 0 unspecified atom stereocenters. The largest absolute Gasteiger partial charge is 0.239 e. The molecular formula is C16H8BrFN2S. The lowest BCUT2D eigenvalue weighted by atomic mass is 10.0. The van der Waals surface area contributed by atoms with Crippen molar-refractivity contribution < 1.29 is 4.39 Å². The third-order valence-corrected chi connectivity index (χ3v) is 4.48. The Kier molecular flexibility index (Phi) is 3.82. The van der Waals surface area contributed by atoms with Gasteiger partial charge in [-0.15, -0.1) is 11.3 Å². The Morgan fingerprint density at radius 2 is 1.95 bits per heavy atom. The Morgan fingerprint density at radius 1 is 1.19 bits per heavy atom. The van der Waals surface area contributed by atoms with Gasteiger partial charge in [-0.05, 0) is 51.1 Å². The summed E-state index contributed by atoms with van der Waals surface area (Å²) in [4.78, 5) is 5.44. The third kappa shape index (κ3) is 2.73. The molecule has 0 saturated heterocycles. The number of aromatic nitrogens is 1. The molecule has 0 spiro atoms. The molecule has 0 saturated carbocycles. The number of nitrogens with zero attached hydrogens (tertiary/aromatic N) is 2. The second-order valence-electron chi connectivity index (χ2n) is 4.32. The lowest BCUT2D eigenvalue weighted by molar-refractivity contribution is 0.628. The highest BCUT2D eigenvalue weighted by atomic mass is 79.9. The summed E-state index contributed by atoms with van der Waals surface area (Å²) in [7, 11) is 0. The summed E-state index contributed by atoms with van der Waals surface area (Å²) in [5.41, 5.74) is 2.76. The van der Waals surface area contributed by atoms with Gasteiger partial charge in [-0.1, -0.05) is 18.2 Å². The summed E-state index contributed by atoms with van der Waals surface area (Å²) in [6.45, 7) is 0. The van der Waals surface area contributed by atoms with Crippen LogP contribution in [0.25, 0.3) is 21.7 Å². The van der Waals surface area contributed by atoms with Crippen molar-refractivity contribution in [2.24, 2.45) is 0 Å². The number of benzene rings is 1. The first-order valence-corrected chi connectivity index (χ1v) is 7.77. The van der Waals surface area contributed by atoms with E-state index in [1.165, 1.54) is 12.1 Å². The first-order chi connectivity index (χ1) is 10.2.